The number of rotatable bonds is 13. The number of nitrogens with two attached hydrogens (primary N) is 2. The molecule has 0 aromatic heterocycles. The highest BCUT2D eigenvalue weighted by Gasteiger charge is 2.24. The first-order valence-corrected chi connectivity index (χ1v) is 13.3. The summed E-state index contributed by atoms with van der Waals surface area (Å²) in [7, 11) is 0. The van der Waals surface area contributed by atoms with Crippen LogP contribution in [0.1, 0.15) is 0 Å². The van der Waals surface area contributed by atoms with Crippen LogP contribution in [0.2, 0.25) is 0 Å². The van der Waals surface area contributed by atoms with Gasteiger partial charge in [0.25, 0.3) is 0 Å². The van der Waals surface area contributed by atoms with Gasteiger partial charge in [-0.1, -0.05) is 0 Å². The number of cyclic esters (lactones) is 1. The summed E-state index contributed by atoms with van der Waals surface area (Å²) in [4.78, 5) is 51.1. The summed E-state index contributed by atoms with van der Waals surface area (Å²) >= 11 is 0. The lowest BCUT2D eigenvalue weighted by molar-refractivity contribution is 0.158. The fourth-order valence-electron chi connectivity index (χ4n) is 3.93. The standard InChI is InChI=1S/C8H14N4O2.C7H16N4O.C7H15N3O2/c13-7-9-1-3-11(7)5-6-12-4-2-10-8(12)14;8-1-2-9-3-5-11-6-4-10-7(11)12;8-1-2-9-3-4-10-5-6-12-7(10)11/h1-6H2,(H,9,13)(H,10,14);9H,1-6,8H2,(H,10,12);9H,1-6,8H2. The summed E-state index contributed by atoms with van der Waals surface area (Å²) in [6, 6.07) is -0.00115. The molecule has 16 heteroatoms. The Kier molecular flexibility index (Phi) is 14.9. The minimum Gasteiger partial charge on any atom is -0.448 e. The van der Waals surface area contributed by atoms with Gasteiger partial charge in [-0.15, -0.1) is 0 Å². The fourth-order valence-corrected chi connectivity index (χ4v) is 3.93. The second-order valence-corrected chi connectivity index (χ2v) is 8.84. The Balaban J connectivity index is 0.000000201. The summed E-state index contributed by atoms with van der Waals surface area (Å²) in [5, 5.41) is 14.4. The first kappa shape index (κ1) is 31.1. The van der Waals surface area contributed by atoms with Gasteiger partial charge in [0, 0.05) is 105 Å². The molecule has 0 aliphatic carbocycles. The first-order chi connectivity index (χ1) is 18.5. The highest BCUT2D eigenvalue weighted by Crippen LogP contribution is 2.01. The van der Waals surface area contributed by atoms with E-state index in [1.807, 2.05) is 0 Å². The average Bonchev–Trinajstić information content (AvgIpc) is 3.71. The number of nitrogens with one attached hydrogen (secondary N) is 5. The van der Waals surface area contributed by atoms with E-state index in [4.69, 9.17) is 16.2 Å². The second-order valence-electron chi connectivity index (χ2n) is 8.84. The van der Waals surface area contributed by atoms with Gasteiger partial charge in [0.15, 0.2) is 0 Å². The zero-order valence-corrected chi connectivity index (χ0v) is 22.2. The van der Waals surface area contributed by atoms with Gasteiger partial charge in [-0.3, -0.25) is 0 Å². The fraction of sp³-hybridized carbons (Fsp3) is 0.818. The van der Waals surface area contributed by atoms with Crippen molar-refractivity contribution < 1.29 is 23.9 Å². The maximum absolute atomic E-state index is 11.2. The minimum atomic E-state index is -0.204. The third kappa shape index (κ3) is 11.5. The zero-order chi connectivity index (χ0) is 27.6. The molecule has 38 heavy (non-hydrogen) atoms. The predicted octanol–water partition coefficient (Wildman–Crippen LogP) is -3.42. The van der Waals surface area contributed by atoms with Crippen LogP contribution in [-0.2, 0) is 4.74 Å². The van der Waals surface area contributed by atoms with E-state index in [2.05, 4.69) is 26.6 Å². The molecule has 0 aromatic rings. The number of amides is 7. The van der Waals surface area contributed by atoms with Gasteiger partial charge in [-0.05, 0) is 0 Å². The maximum atomic E-state index is 11.2. The lowest BCUT2D eigenvalue weighted by Crippen LogP contribution is -2.38. The summed E-state index contributed by atoms with van der Waals surface area (Å²) in [6.45, 7) is 13.0. The monoisotopic (exact) mass is 543 g/mol. The number of urea groups is 3. The van der Waals surface area contributed by atoms with E-state index in [9.17, 15) is 19.2 Å². The van der Waals surface area contributed by atoms with E-state index in [1.54, 1.807) is 19.6 Å². The molecule has 4 rings (SSSR count). The Hall–Kier alpha value is -3.08. The Morgan fingerprint density at radius 1 is 0.605 bits per heavy atom. The van der Waals surface area contributed by atoms with Crippen molar-refractivity contribution in [1.29, 1.82) is 0 Å². The molecule has 4 heterocycles. The molecule has 218 valence electrons. The van der Waals surface area contributed by atoms with Crippen LogP contribution in [0.15, 0.2) is 0 Å². The summed E-state index contributed by atoms with van der Waals surface area (Å²) in [6.07, 6.45) is -0.204. The molecule has 4 aliphatic heterocycles. The van der Waals surface area contributed by atoms with Gasteiger partial charge in [0.05, 0.1) is 6.54 Å². The number of hydrogen-bond donors (Lipinski definition) is 7. The number of ether oxygens (including phenoxy) is 1. The summed E-state index contributed by atoms with van der Waals surface area (Å²) in [5.41, 5.74) is 10.6. The van der Waals surface area contributed by atoms with Crippen molar-refractivity contribution in [2.45, 2.75) is 0 Å². The molecule has 4 saturated heterocycles. The van der Waals surface area contributed by atoms with Crippen LogP contribution in [0.4, 0.5) is 19.2 Å². The van der Waals surface area contributed by atoms with E-state index >= 15 is 0 Å². The van der Waals surface area contributed by atoms with Gasteiger partial charge >= 0.3 is 24.2 Å². The van der Waals surface area contributed by atoms with Gasteiger partial charge in [0.1, 0.15) is 6.61 Å². The summed E-state index contributed by atoms with van der Waals surface area (Å²) < 4.78 is 4.76. The highest BCUT2D eigenvalue weighted by molar-refractivity contribution is 5.77. The van der Waals surface area contributed by atoms with Crippen LogP contribution < -0.4 is 38.1 Å². The third-order valence-electron chi connectivity index (χ3n) is 6.08. The van der Waals surface area contributed by atoms with Crippen molar-refractivity contribution in [3.63, 3.8) is 0 Å². The van der Waals surface area contributed by atoms with Crippen LogP contribution in [0, 0.1) is 0 Å². The third-order valence-corrected chi connectivity index (χ3v) is 6.08. The van der Waals surface area contributed by atoms with Crippen molar-refractivity contribution >= 4 is 24.2 Å². The molecule has 9 N–H and O–H groups in total. The van der Waals surface area contributed by atoms with Crippen molar-refractivity contribution in [3.05, 3.63) is 0 Å². The number of nitrogens with zero attached hydrogens (tertiary/aromatic N) is 4. The lowest BCUT2D eigenvalue weighted by atomic mass is 10.5. The number of carbonyl (C=O) groups is 4. The largest absolute Gasteiger partial charge is 0.448 e. The molecular weight excluding hydrogens is 498 g/mol. The zero-order valence-electron chi connectivity index (χ0n) is 22.2. The normalized spacial score (nSPS) is 18.5. The van der Waals surface area contributed by atoms with Gasteiger partial charge < -0.3 is 62.4 Å². The molecule has 0 saturated carbocycles. The topological polar surface area (TPSA) is 203 Å². The van der Waals surface area contributed by atoms with Crippen LogP contribution in [0.5, 0.6) is 0 Å². The molecule has 0 bridgehead atoms. The number of carbonyl (C=O) groups excluding carboxylic acids is 4. The molecule has 4 fully saturated rings. The van der Waals surface area contributed by atoms with E-state index in [0.717, 1.165) is 58.9 Å². The molecule has 0 unspecified atom stereocenters. The van der Waals surface area contributed by atoms with Crippen LogP contribution in [0.3, 0.4) is 0 Å². The van der Waals surface area contributed by atoms with Crippen molar-refractivity contribution in [2.24, 2.45) is 11.5 Å². The average molecular weight is 544 g/mol. The smallest absolute Gasteiger partial charge is 0.409 e. The van der Waals surface area contributed by atoms with Crippen LogP contribution in [-0.4, -0.2) is 162 Å². The Labute approximate surface area is 224 Å². The van der Waals surface area contributed by atoms with Crippen LogP contribution >= 0.6 is 0 Å². The maximum Gasteiger partial charge on any atom is 0.409 e. The number of hydrogen-bond acceptors (Lipinski definition) is 9. The highest BCUT2D eigenvalue weighted by atomic mass is 16.6. The minimum absolute atomic E-state index is 0.0235. The SMILES string of the molecule is NCCNCCN1CCNC1=O.NCCNCCN1CCOC1=O.O=C1NCCN1CCN1CCNC1=O. The van der Waals surface area contributed by atoms with E-state index in [0.29, 0.717) is 59.0 Å². The van der Waals surface area contributed by atoms with Gasteiger partial charge in [-0.25, -0.2) is 19.2 Å². The van der Waals surface area contributed by atoms with E-state index < -0.39 is 0 Å². The summed E-state index contributed by atoms with van der Waals surface area (Å²) in [5.74, 6) is 0. The Morgan fingerprint density at radius 2 is 1.03 bits per heavy atom. The lowest BCUT2D eigenvalue weighted by Gasteiger charge is -2.19. The van der Waals surface area contributed by atoms with Crippen LogP contribution in [0.25, 0.3) is 0 Å². The Morgan fingerprint density at radius 3 is 1.37 bits per heavy atom. The Bertz CT molecular complexity index is 684. The van der Waals surface area contributed by atoms with Gasteiger partial charge in [-0.2, -0.15) is 0 Å². The molecule has 0 atom stereocenters. The second kappa shape index (κ2) is 18.2. The molecule has 0 spiro atoms. The molecule has 16 nitrogen and oxygen atoms in total. The van der Waals surface area contributed by atoms with Gasteiger partial charge in [0.2, 0.25) is 0 Å². The van der Waals surface area contributed by atoms with Crippen molar-refractivity contribution in [1.82, 2.24) is 46.2 Å². The molecule has 4 aliphatic rings. The van der Waals surface area contributed by atoms with E-state index in [-0.39, 0.29) is 24.2 Å². The van der Waals surface area contributed by atoms with Crippen molar-refractivity contribution in [2.75, 3.05) is 118 Å². The molecule has 7 amide bonds. The van der Waals surface area contributed by atoms with E-state index in [1.165, 1.54) is 0 Å². The molecular formula is C22H45N11O5. The predicted molar refractivity (Wildman–Crippen MR) is 142 cm³/mol. The quantitative estimate of drug-likeness (QED) is 0.115. The molecule has 0 aromatic carbocycles. The van der Waals surface area contributed by atoms with Crippen molar-refractivity contribution in [3.8, 4) is 0 Å². The molecule has 0 radical (unpaired) electrons. The first-order valence-electron chi connectivity index (χ1n) is 13.3.